The number of carbonyl (C=O) groups is 1. The number of halogens is 1. The Bertz CT molecular complexity index is 670. The van der Waals surface area contributed by atoms with Gasteiger partial charge < -0.3 is 15.1 Å². The molecule has 0 bridgehead atoms. The summed E-state index contributed by atoms with van der Waals surface area (Å²) in [5.41, 5.74) is 2.47. The van der Waals surface area contributed by atoms with Crippen molar-refractivity contribution in [2.24, 2.45) is 0 Å². The number of nitrogens with zero attached hydrogens (tertiary/aromatic N) is 2. The molecular formula is C18H24ClN3OS. The molecule has 1 aromatic rings. The van der Waals surface area contributed by atoms with Gasteiger partial charge in [-0.15, -0.1) is 0 Å². The molecule has 0 saturated carbocycles. The van der Waals surface area contributed by atoms with E-state index in [4.69, 9.17) is 23.8 Å². The van der Waals surface area contributed by atoms with Gasteiger partial charge in [-0.1, -0.05) is 29.8 Å². The molecule has 0 fully saturated rings. The number of hydrogen-bond donors (Lipinski definition) is 1. The normalized spacial score (nSPS) is 17.8. The number of thiocarbonyl (C=S) groups is 1. The molecular weight excluding hydrogens is 342 g/mol. The highest BCUT2D eigenvalue weighted by atomic mass is 35.5. The second-order valence-electron chi connectivity index (χ2n) is 5.62. The third-order valence-electron chi connectivity index (χ3n) is 4.41. The van der Waals surface area contributed by atoms with Crippen molar-refractivity contribution < 1.29 is 4.79 Å². The van der Waals surface area contributed by atoms with Crippen LogP contribution in [0.15, 0.2) is 35.5 Å². The summed E-state index contributed by atoms with van der Waals surface area (Å²) in [6.45, 7) is 9.99. The molecule has 1 aliphatic heterocycles. The van der Waals surface area contributed by atoms with Crippen molar-refractivity contribution in [2.75, 3.05) is 19.6 Å². The van der Waals surface area contributed by atoms with Crippen molar-refractivity contribution in [3.63, 3.8) is 0 Å². The van der Waals surface area contributed by atoms with Crippen LogP contribution < -0.4 is 5.32 Å². The molecule has 1 heterocycles. The van der Waals surface area contributed by atoms with Gasteiger partial charge in [-0.05, 0) is 51.5 Å². The number of rotatable bonds is 5. The first-order valence-electron chi connectivity index (χ1n) is 8.28. The average molecular weight is 366 g/mol. The number of amides is 1. The number of hydrogen-bond acceptors (Lipinski definition) is 2. The van der Waals surface area contributed by atoms with Crippen molar-refractivity contribution in [3.05, 3.63) is 46.1 Å². The summed E-state index contributed by atoms with van der Waals surface area (Å²) in [7, 11) is 0. The van der Waals surface area contributed by atoms with Crippen LogP contribution in [0.2, 0.25) is 5.02 Å². The lowest BCUT2D eigenvalue weighted by atomic mass is 9.93. The molecule has 0 spiro atoms. The molecule has 0 unspecified atom stereocenters. The van der Waals surface area contributed by atoms with Crippen LogP contribution in [-0.4, -0.2) is 40.5 Å². The Kier molecular flexibility index (Phi) is 6.24. The van der Waals surface area contributed by atoms with E-state index in [1.54, 1.807) is 0 Å². The van der Waals surface area contributed by atoms with Crippen molar-refractivity contribution >= 4 is 34.8 Å². The Labute approximate surface area is 154 Å². The summed E-state index contributed by atoms with van der Waals surface area (Å²) in [5.74, 6) is 0.0240. The van der Waals surface area contributed by atoms with E-state index < -0.39 is 0 Å². The van der Waals surface area contributed by atoms with Crippen LogP contribution >= 0.6 is 23.8 Å². The Balaban J connectivity index is 2.60. The number of likely N-dealkylation sites (N-methyl/N-ethyl adjacent to an activating group) is 1. The molecule has 0 aliphatic carbocycles. The molecule has 4 nitrogen and oxygen atoms in total. The predicted octanol–water partition coefficient (Wildman–Crippen LogP) is 3.73. The van der Waals surface area contributed by atoms with Crippen LogP contribution in [-0.2, 0) is 4.79 Å². The second-order valence-corrected chi connectivity index (χ2v) is 6.42. The minimum absolute atomic E-state index is 0.0240. The molecule has 24 heavy (non-hydrogen) atoms. The van der Waals surface area contributed by atoms with Crippen LogP contribution in [0.4, 0.5) is 0 Å². The van der Waals surface area contributed by atoms with Gasteiger partial charge in [-0.3, -0.25) is 4.79 Å². The molecule has 0 saturated heterocycles. The van der Waals surface area contributed by atoms with Gasteiger partial charge in [0.1, 0.15) is 0 Å². The van der Waals surface area contributed by atoms with Crippen molar-refractivity contribution in [1.29, 1.82) is 0 Å². The van der Waals surface area contributed by atoms with E-state index in [0.717, 1.165) is 11.3 Å². The van der Waals surface area contributed by atoms with E-state index in [1.165, 1.54) is 0 Å². The van der Waals surface area contributed by atoms with Crippen LogP contribution in [0.3, 0.4) is 0 Å². The summed E-state index contributed by atoms with van der Waals surface area (Å²) in [5, 5.41) is 4.55. The highest BCUT2D eigenvalue weighted by Crippen LogP contribution is 2.34. The highest BCUT2D eigenvalue weighted by Gasteiger charge is 2.35. The fourth-order valence-electron chi connectivity index (χ4n) is 3.06. The first-order valence-corrected chi connectivity index (χ1v) is 9.07. The zero-order valence-electron chi connectivity index (χ0n) is 14.6. The summed E-state index contributed by atoms with van der Waals surface area (Å²) in [6, 6.07) is 7.25. The van der Waals surface area contributed by atoms with Gasteiger partial charge in [0.25, 0.3) is 5.91 Å². The zero-order chi connectivity index (χ0) is 17.9. The Morgan fingerprint density at radius 2 is 1.92 bits per heavy atom. The fraction of sp³-hybridized carbons (Fsp3) is 0.444. The number of nitrogens with one attached hydrogen (secondary N) is 1. The van der Waals surface area contributed by atoms with E-state index in [-0.39, 0.29) is 11.9 Å². The minimum atomic E-state index is -0.331. The third kappa shape index (κ3) is 3.42. The quantitative estimate of drug-likeness (QED) is 0.806. The van der Waals surface area contributed by atoms with Crippen LogP contribution in [0.1, 0.15) is 39.3 Å². The molecule has 1 aromatic carbocycles. The van der Waals surface area contributed by atoms with Gasteiger partial charge >= 0.3 is 0 Å². The lowest BCUT2D eigenvalue weighted by Gasteiger charge is -2.39. The Hall–Kier alpha value is -1.59. The number of benzene rings is 1. The fourth-order valence-corrected chi connectivity index (χ4v) is 3.69. The zero-order valence-corrected chi connectivity index (χ0v) is 16.2. The maximum absolute atomic E-state index is 13.1. The number of carbonyl (C=O) groups excluding carboxylic acids is 1. The maximum atomic E-state index is 13.1. The lowest BCUT2D eigenvalue weighted by molar-refractivity contribution is -0.127. The second kappa shape index (κ2) is 7.99. The SMILES string of the molecule is CCN(CC)C(=O)C1=C(C)N(CC)C(=S)N[C@@H]1c1ccccc1Cl. The standard InChI is InChI=1S/C18H24ClN3OS/c1-5-21(6-2)17(23)15-12(4)22(7-3)18(24)20-16(15)13-10-8-9-11-14(13)19/h8-11,16H,5-7H2,1-4H3,(H,20,24)/t16-/m1/s1. The smallest absolute Gasteiger partial charge is 0.253 e. The van der Waals surface area contributed by atoms with E-state index in [9.17, 15) is 4.79 Å². The monoisotopic (exact) mass is 365 g/mol. The van der Waals surface area contributed by atoms with E-state index in [1.807, 2.05) is 61.8 Å². The van der Waals surface area contributed by atoms with Gasteiger partial charge in [-0.25, -0.2) is 0 Å². The molecule has 6 heteroatoms. The topological polar surface area (TPSA) is 35.6 Å². The summed E-state index contributed by atoms with van der Waals surface area (Å²) in [6.07, 6.45) is 0. The molecule has 1 amide bonds. The summed E-state index contributed by atoms with van der Waals surface area (Å²) < 4.78 is 0. The molecule has 0 aromatic heterocycles. The lowest BCUT2D eigenvalue weighted by Crippen LogP contribution is -2.49. The van der Waals surface area contributed by atoms with Crippen molar-refractivity contribution in [2.45, 2.75) is 33.7 Å². The van der Waals surface area contributed by atoms with Crippen molar-refractivity contribution in [3.8, 4) is 0 Å². The first kappa shape index (κ1) is 18.7. The largest absolute Gasteiger partial charge is 0.351 e. The molecule has 130 valence electrons. The highest BCUT2D eigenvalue weighted by molar-refractivity contribution is 7.80. The first-order chi connectivity index (χ1) is 11.5. The Morgan fingerprint density at radius 1 is 1.29 bits per heavy atom. The van der Waals surface area contributed by atoms with Crippen LogP contribution in [0.5, 0.6) is 0 Å². The Morgan fingerprint density at radius 3 is 2.46 bits per heavy atom. The summed E-state index contributed by atoms with van der Waals surface area (Å²) in [4.78, 5) is 16.9. The van der Waals surface area contributed by atoms with Crippen LogP contribution in [0, 0.1) is 0 Å². The minimum Gasteiger partial charge on any atom is -0.351 e. The van der Waals surface area contributed by atoms with Gasteiger partial charge in [0.2, 0.25) is 0 Å². The summed E-state index contributed by atoms with van der Waals surface area (Å²) >= 11 is 11.9. The average Bonchev–Trinajstić information content (AvgIpc) is 2.56. The third-order valence-corrected chi connectivity index (χ3v) is 5.09. The number of allylic oxidation sites excluding steroid dienone is 1. The van der Waals surface area contributed by atoms with E-state index in [2.05, 4.69) is 5.32 Å². The van der Waals surface area contributed by atoms with Gasteiger partial charge in [0, 0.05) is 30.4 Å². The molecule has 1 atom stereocenters. The molecule has 1 N–H and O–H groups in total. The van der Waals surface area contributed by atoms with Crippen molar-refractivity contribution in [1.82, 2.24) is 15.1 Å². The van der Waals surface area contributed by atoms with Crippen LogP contribution in [0.25, 0.3) is 0 Å². The maximum Gasteiger partial charge on any atom is 0.253 e. The molecule has 1 aliphatic rings. The predicted molar refractivity (Wildman–Crippen MR) is 103 cm³/mol. The van der Waals surface area contributed by atoms with E-state index >= 15 is 0 Å². The molecule has 0 radical (unpaired) electrons. The van der Waals surface area contributed by atoms with Gasteiger partial charge in [0.05, 0.1) is 11.6 Å². The van der Waals surface area contributed by atoms with Gasteiger partial charge in [-0.2, -0.15) is 0 Å². The van der Waals surface area contributed by atoms with Gasteiger partial charge in [0.15, 0.2) is 5.11 Å². The molecule has 2 rings (SSSR count). The van der Waals surface area contributed by atoms with E-state index in [0.29, 0.717) is 35.3 Å².